The topological polar surface area (TPSA) is 190 Å². The molecule has 0 unspecified atom stereocenters. The van der Waals surface area contributed by atoms with E-state index in [1.165, 1.54) is 6.07 Å². The first-order chi connectivity index (χ1) is 23.9. The molecule has 13 nitrogen and oxygen atoms in total. The van der Waals surface area contributed by atoms with Gasteiger partial charge in [-0.05, 0) is 58.6 Å². The molecule has 0 bridgehead atoms. The fourth-order valence-corrected chi connectivity index (χ4v) is 5.41. The first-order valence-corrected chi connectivity index (χ1v) is 15.2. The van der Waals surface area contributed by atoms with E-state index in [4.69, 9.17) is 25.1 Å². The summed E-state index contributed by atoms with van der Waals surface area (Å²) < 4.78 is 41.0. The van der Waals surface area contributed by atoms with Crippen molar-refractivity contribution >= 4 is 17.5 Å². The van der Waals surface area contributed by atoms with Gasteiger partial charge in [0.2, 0.25) is 5.90 Å². The highest BCUT2D eigenvalue weighted by atomic mass is 19.1. The molecule has 2 atom stereocenters. The van der Waals surface area contributed by atoms with E-state index < -0.39 is 29.2 Å². The van der Waals surface area contributed by atoms with Crippen LogP contribution in [0, 0.1) is 11.6 Å². The molecule has 0 spiro atoms. The molecule has 0 aromatic heterocycles. The van der Waals surface area contributed by atoms with Crippen LogP contribution in [0.25, 0.3) is 20.9 Å². The van der Waals surface area contributed by atoms with Crippen molar-refractivity contribution in [3.05, 3.63) is 151 Å². The highest BCUT2D eigenvalue weighted by molar-refractivity contribution is 6.01. The van der Waals surface area contributed by atoms with Gasteiger partial charge in [-0.2, -0.15) is 0 Å². The lowest BCUT2D eigenvalue weighted by Crippen LogP contribution is -2.54. The summed E-state index contributed by atoms with van der Waals surface area (Å²) in [5.41, 5.74) is 23.8. The lowest BCUT2D eigenvalue weighted by atomic mass is 9.80. The summed E-state index contributed by atoms with van der Waals surface area (Å²) in [7, 11) is 0. The van der Waals surface area contributed by atoms with Crippen molar-refractivity contribution in [3.63, 3.8) is 0 Å². The zero-order valence-electron chi connectivity index (χ0n) is 26.0. The van der Waals surface area contributed by atoms with Crippen molar-refractivity contribution in [2.45, 2.75) is 37.6 Å². The lowest BCUT2D eigenvalue weighted by Gasteiger charge is -2.32. The van der Waals surface area contributed by atoms with Gasteiger partial charge in [-0.25, -0.2) is 19.2 Å². The number of carbonyl (C=O) groups excluding carboxylic acids is 1. The predicted molar refractivity (Wildman–Crippen MR) is 176 cm³/mol. The Hall–Kier alpha value is -5.98. The summed E-state index contributed by atoms with van der Waals surface area (Å²) in [6.45, 7) is -0.0944. The zero-order chi connectivity index (χ0) is 34.6. The Kier molecular flexibility index (Phi) is 11.4. The molecule has 4 aromatic carbocycles. The Labute approximate surface area is 279 Å². The third-order valence-electron chi connectivity index (χ3n) is 7.81. The number of nitrogens with zero attached hydrogens (tertiary/aromatic N) is 7. The maximum atomic E-state index is 14.5. The van der Waals surface area contributed by atoms with Crippen LogP contribution in [0.3, 0.4) is 0 Å². The molecule has 0 saturated heterocycles. The van der Waals surface area contributed by atoms with E-state index in [1.807, 2.05) is 0 Å². The first kappa shape index (κ1) is 34.4. The van der Waals surface area contributed by atoms with Crippen LogP contribution in [-0.4, -0.2) is 35.7 Å². The van der Waals surface area contributed by atoms with Crippen LogP contribution in [0.5, 0.6) is 5.75 Å². The van der Waals surface area contributed by atoms with E-state index in [-0.39, 0.29) is 43.3 Å². The van der Waals surface area contributed by atoms with Gasteiger partial charge in [0.05, 0.1) is 13.2 Å². The second-order valence-corrected chi connectivity index (χ2v) is 10.9. The Balaban J connectivity index is 1.62. The van der Waals surface area contributed by atoms with Gasteiger partial charge in [-0.3, -0.25) is 10.2 Å². The summed E-state index contributed by atoms with van der Waals surface area (Å²) in [6, 6.07) is 23.9. The standard InChI is InChI=1S/C34H31F2N9O4/c35-28-10-5-11-29(36)27(28)21-39-43-33(47)34(19-23-7-1-2-8-24(23)20-40-44-37)31(26-9-3-4-12-30(26)42-45-38)49-32(41-34)22-13-15-25(16-14-22)48-18-6-17-46/h1-5,7-16,31,39,46H,6,17-21H2,(H,43,47)/t31-,34-/m0/s1. The number of benzene rings is 4. The quantitative estimate of drug-likeness (QED) is 0.0412. The molecule has 15 heteroatoms. The normalized spacial score (nSPS) is 16.5. The molecule has 1 aliphatic rings. The number of hydrogen-bond donors (Lipinski definition) is 3. The number of nitrogens with one attached hydrogen (secondary N) is 2. The summed E-state index contributed by atoms with van der Waals surface area (Å²) in [5.74, 6) is -1.68. The Morgan fingerprint density at radius 1 is 0.959 bits per heavy atom. The van der Waals surface area contributed by atoms with Crippen molar-refractivity contribution < 1.29 is 28.2 Å². The van der Waals surface area contributed by atoms with E-state index in [0.29, 0.717) is 41.0 Å². The number of halogens is 2. The highest BCUT2D eigenvalue weighted by Gasteiger charge is 2.54. The predicted octanol–water partition coefficient (Wildman–Crippen LogP) is 6.80. The number of amides is 1. The molecular formula is C34H31F2N9O4. The summed E-state index contributed by atoms with van der Waals surface area (Å²) >= 11 is 0. The average Bonchev–Trinajstić information content (AvgIpc) is 3.50. The summed E-state index contributed by atoms with van der Waals surface area (Å²) in [5, 5.41) is 16.6. The first-order valence-electron chi connectivity index (χ1n) is 15.2. The minimum atomic E-state index is -1.81. The second-order valence-electron chi connectivity index (χ2n) is 10.9. The molecule has 4 aromatic rings. The maximum Gasteiger partial charge on any atom is 0.266 e. The third-order valence-corrected chi connectivity index (χ3v) is 7.81. The fourth-order valence-electron chi connectivity index (χ4n) is 5.41. The highest BCUT2D eigenvalue weighted by Crippen LogP contribution is 2.45. The van der Waals surface area contributed by atoms with Crippen LogP contribution in [0.4, 0.5) is 14.5 Å². The van der Waals surface area contributed by atoms with Gasteiger partial charge < -0.3 is 14.6 Å². The second kappa shape index (κ2) is 16.2. The lowest BCUT2D eigenvalue weighted by molar-refractivity contribution is -0.130. The van der Waals surface area contributed by atoms with Gasteiger partial charge in [-0.15, -0.1) is 0 Å². The van der Waals surface area contributed by atoms with Crippen molar-refractivity contribution in [2.75, 3.05) is 13.2 Å². The number of azide groups is 2. The molecule has 0 aliphatic carbocycles. The molecule has 0 saturated carbocycles. The number of ether oxygens (including phenoxy) is 2. The average molecular weight is 668 g/mol. The molecule has 49 heavy (non-hydrogen) atoms. The molecular weight excluding hydrogens is 636 g/mol. The van der Waals surface area contributed by atoms with Crippen LogP contribution in [0.15, 0.2) is 106 Å². The maximum absolute atomic E-state index is 14.5. The van der Waals surface area contributed by atoms with Crippen LogP contribution in [0.2, 0.25) is 0 Å². The van der Waals surface area contributed by atoms with Crippen LogP contribution >= 0.6 is 0 Å². The summed E-state index contributed by atoms with van der Waals surface area (Å²) in [6.07, 6.45) is -0.809. The van der Waals surface area contributed by atoms with Gasteiger partial charge in [-0.1, -0.05) is 64.8 Å². The largest absolute Gasteiger partial charge is 0.494 e. The molecule has 1 amide bonds. The molecule has 0 radical (unpaired) electrons. The number of rotatable bonds is 15. The van der Waals surface area contributed by atoms with E-state index in [2.05, 4.69) is 30.9 Å². The monoisotopic (exact) mass is 667 g/mol. The number of aliphatic hydroxyl groups excluding tert-OH is 1. The number of hydrazine groups is 1. The van der Waals surface area contributed by atoms with Gasteiger partial charge in [0.1, 0.15) is 17.4 Å². The van der Waals surface area contributed by atoms with E-state index in [0.717, 1.165) is 12.1 Å². The molecule has 0 fully saturated rings. The van der Waals surface area contributed by atoms with Gasteiger partial charge >= 0.3 is 0 Å². The number of hydrogen-bond acceptors (Lipinski definition) is 8. The minimum Gasteiger partial charge on any atom is -0.494 e. The van der Waals surface area contributed by atoms with Crippen molar-refractivity contribution in [2.24, 2.45) is 15.2 Å². The molecule has 5 rings (SSSR count). The Morgan fingerprint density at radius 3 is 2.39 bits per heavy atom. The molecule has 3 N–H and O–H groups in total. The van der Waals surface area contributed by atoms with Crippen molar-refractivity contribution in [1.82, 2.24) is 10.9 Å². The van der Waals surface area contributed by atoms with Crippen LogP contribution in [0.1, 0.15) is 40.3 Å². The summed E-state index contributed by atoms with van der Waals surface area (Å²) in [4.78, 5) is 25.2. The van der Waals surface area contributed by atoms with Gasteiger partial charge in [0, 0.05) is 58.2 Å². The Morgan fingerprint density at radius 2 is 1.67 bits per heavy atom. The minimum absolute atomic E-state index is 0.00959. The Bertz CT molecular complexity index is 1910. The molecule has 1 heterocycles. The fraction of sp³-hybridized carbons (Fsp3) is 0.235. The smallest absolute Gasteiger partial charge is 0.266 e. The number of carbonyl (C=O) groups is 1. The molecule has 1 aliphatic heterocycles. The number of aliphatic imine (C=N–C) groups is 1. The van der Waals surface area contributed by atoms with Crippen molar-refractivity contribution in [1.29, 1.82) is 0 Å². The SMILES string of the molecule is [N-]=[N+]=NCc1ccccc1C[C@]1(C(=O)NNCc2c(F)cccc2F)N=C(c2ccc(OCCCO)cc2)O[C@H]1c1ccccc1N=[N+]=[N-]. The number of aliphatic hydroxyl groups is 1. The van der Waals surface area contributed by atoms with Crippen LogP contribution in [-0.2, 0) is 29.0 Å². The van der Waals surface area contributed by atoms with Crippen LogP contribution < -0.4 is 15.6 Å². The van der Waals surface area contributed by atoms with E-state index >= 15 is 0 Å². The van der Waals surface area contributed by atoms with Gasteiger partial charge in [0.25, 0.3) is 5.91 Å². The third kappa shape index (κ3) is 7.95. The zero-order valence-corrected chi connectivity index (χ0v) is 26.0. The van der Waals surface area contributed by atoms with Crippen molar-refractivity contribution in [3.8, 4) is 5.75 Å². The molecule has 250 valence electrons. The van der Waals surface area contributed by atoms with E-state index in [1.54, 1.807) is 72.8 Å². The van der Waals surface area contributed by atoms with E-state index in [9.17, 15) is 19.1 Å². The van der Waals surface area contributed by atoms with Gasteiger partial charge in [0.15, 0.2) is 11.6 Å².